The standard InChI is InChI=1S/C13H15N3O/c1-4-10-9(3)15-12(16-13(10)17)11-7-14-6-5-8(11)2/h5-7H,4H2,1-3H3,(H,15,16,17). The Balaban J connectivity index is 2.63. The van der Waals surface area contributed by atoms with Gasteiger partial charge in [-0.15, -0.1) is 0 Å². The van der Waals surface area contributed by atoms with Gasteiger partial charge in [0.1, 0.15) is 5.82 Å². The molecule has 2 heterocycles. The maximum Gasteiger partial charge on any atom is 0.254 e. The van der Waals surface area contributed by atoms with Crippen LogP contribution in [0.25, 0.3) is 11.4 Å². The number of hydrogen-bond donors (Lipinski definition) is 1. The van der Waals surface area contributed by atoms with Crippen LogP contribution < -0.4 is 5.56 Å². The van der Waals surface area contributed by atoms with E-state index in [-0.39, 0.29) is 5.56 Å². The number of pyridine rings is 1. The average Bonchev–Trinajstić information content (AvgIpc) is 2.29. The number of aryl methyl sites for hydroxylation is 2. The number of H-pyrrole nitrogens is 1. The number of aromatic amines is 1. The van der Waals surface area contributed by atoms with Gasteiger partial charge in [0.25, 0.3) is 5.56 Å². The van der Waals surface area contributed by atoms with E-state index < -0.39 is 0 Å². The predicted molar refractivity (Wildman–Crippen MR) is 66.9 cm³/mol. The lowest BCUT2D eigenvalue weighted by Crippen LogP contribution is -2.17. The summed E-state index contributed by atoms with van der Waals surface area (Å²) in [6.07, 6.45) is 4.14. The minimum absolute atomic E-state index is 0.0572. The quantitative estimate of drug-likeness (QED) is 0.857. The third-order valence-corrected chi connectivity index (χ3v) is 2.87. The second-order valence-electron chi connectivity index (χ2n) is 4.02. The Labute approximate surface area is 99.8 Å². The van der Waals surface area contributed by atoms with Gasteiger partial charge >= 0.3 is 0 Å². The number of rotatable bonds is 2. The zero-order valence-corrected chi connectivity index (χ0v) is 10.2. The van der Waals surface area contributed by atoms with Crippen LogP contribution >= 0.6 is 0 Å². The maximum absolute atomic E-state index is 11.9. The summed E-state index contributed by atoms with van der Waals surface area (Å²) < 4.78 is 0. The highest BCUT2D eigenvalue weighted by Crippen LogP contribution is 2.17. The van der Waals surface area contributed by atoms with Crippen molar-refractivity contribution in [2.24, 2.45) is 0 Å². The molecule has 2 rings (SSSR count). The number of nitrogens with zero attached hydrogens (tertiary/aromatic N) is 2. The largest absolute Gasteiger partial charge is 0.306 e. The lowest BCUT2D eigenvalue weighted by molar-refractivity contribution is 0.965. The molecule has 0 spiro atoms. The van der Waals surface area contributed by atoms with Crippen molar-refractivity contribution in [2.75, 3.05) is 0 Å². The number of hydrogen-bond acceptors (Lipinski definition) is 3. The van der Waals surface area contributed by atoms with Crippen molar-refractivity contribution in [3.05, 3.63) is 45.6 Å². The van der Waals surface area contributed by atoms with Crippen LogP contribution in [0.2, 0.25) is 0 Å². The van der Waals surface area contributed by atoms with Crippen LogP contribution in [0.4, 0.5) is 0 Å². The van der Waals surface area contributed by atoms with Gasteiger partial charge < -0.3 is 4.98 Å². The smallest absolute Gasteiger partial charge is 0.254 e. The molecule has 88 valence electrons. The van der Waals surface area contributed by atoms with Crippen LogP contribution in [0, 0.1) is 13.8 Å². The molecule has 1 N–H and O–H groups in total. The molecule has 0 radical (unpaired) electrons. The van der Waals surface area contributed by atoms with Gasteiger partial charge in [0.2, 0.25) is 0 Å². The Kier molecular flexibility index (Phi) is 3.04. The number of nitrogens with one attached hydrogen (secondary N) is 1. The molecule has 2 aromatic rings. The molecule has 0 bridgehead atoms. The van der Waals surface area contributed by atoms with Crippen LogP contribution in [-0.4, -0.2) is 15.0 Å². The predicted octanol–water partition coefficient (Wildman–Crippen LogP) is 2.01. The first-order valence-electron chi connectivity index (χ1n) is 5.64. The second-order valence-corrected chi connectivity index (χ2v) is 4.02. The summed E-state index contributed by atoms with van der Waals surface area (Å²) in [6.45, 7) is 5.79. The highest BCUT2D eigenvalue weighted by atomic mass is 16.1. The third-order valence-electron chi connectivity index (χ3n) is 2.87. The summed E-state index contributed by atoms with van der Waals surface area (Å²) in [5.74, 6) is 0.593. The fourth-order valence-electron chi connectivity index (χ4n) is 1.87. The molecule has 0 atom stereocenters. The summed E-state index contributed by atoms with van der Waals surface area (Å²) in [5.41, 5.74) is 3.39. The fourth-order valence-corrected chi connectivity index (χ4v) is 1.87. The Morgan fingerprint density at radius 1 is 1.35 bits per heavy atom. The van der Waals surface area contributed by atoms with Gasteiger partial charge in [0.05, 0.1) is 0 Å². The molecule has 0 aromatic carbocycles. The Hall–Kier alpha value is -1.97. The van der Waals surface area contributed by atoms with Gasteiger partial charge in [0.15, 0.2) is 0 Å². The van der Waals surface area contributed by atoms with E-state index >= 15 is 0 Å². The van der Waals surface area contributed by atoms with Crippen molar-refractivity contribution in [3.8, 4) is 11.4 Å². The molecule has 0 unspecified atom stereocenters. The van der Waals surface area contributed by atoms with Crippen molar-refractivity contribution >= 4 is 0 Å². The van der Waals surface area contributed by atoms with Gasteiger partial charge in [-0.3, -0.25) is 9.78 Å². The van der Waals surface area contributed by atoms with Gasteiger partial charge in [-0.05, 0) is 31.9 Å². The van der Waals surface area contributed by atoms with E-state index in [1.165, 1.54) is 0 Å². The van der Waals surface area contributed by atoms with Crippen molar-refractivity contribution < 1.29 is 0 Å². The molecule has 0 saturated heterocycles. The van der Waals surface area contributed by atoms with E-state index in [2.05, 4.69) is 15.0 Å². The molecule has 2 aromatic heterocycles. The van der Waals surface area contributed by atoms with E-state index in [4.69, 9.17) is 0 Å². The normalized spacial score (nSPS) is 10.5. The van der Waals surface area contributed by atoms with Crippen LogP contribution in [0.3, 0.4) is 0 Å². The molecule has 0 fully saturated rings. The molecule has 0 saturated carbocycles. The van der Waals surface area contributed by atoms with Gasteiger partial charge in [-0.25, -0.2) is 4.98 Å². The Bertz CT molecular complexity index is 602. The topological polar surface area (TPSA) is 58.6 Å². The van der Waals surface area contributed by atoms with Crippen LogP contribution in [0.1, 0.15) is 23.7 Å². The SMILES string of the molecule is CCc1c(C)nc(-c2cnccc2C)[nH]c1=O. The molecule has 0 aliphatic carbocycles. The third kappa shape index (κ3) is 2.11. The zero-order chi connectivity index (χ0) is 12.4. The summed E-state index contributed by atoms with van der Waals surface area (Å²) in [4.78, 5) is 23.2. The van der Waals surface area contributed by atoms with Crippen LogP contribution in [-0.2, 0) is 6.42 Å². The lowest BCUT2D eigenvalue weighted by Gasteiger charge is -2.07. The Morgan fingerprint density at radius 3 is 2.71 bits per heavy atom. The second kappa shape index (κ2) is 4.49. The molecule has 17 heavy (non-hydrogen) atoms. The van der Waals surface area contributed by atoms with Crippen molar-refractivity contribution in [2.45, 2.75) is 27.2 Å². The van der Waals surface area contributed by atoms with Gasteiger partial charge in [-0.1, -0.05) is 6.92 Å². The van der Waals surface area contributed by atoms with E-state index in [1.54, 1.807) is 12.4 Å². The summed E-state index contributed by atoms with van der Waals surface area (Å²) in [5, 5.41) is 0. The average molecular weight is 229 g/mol. The molecule has 4 nitrogen and oxygen atoms in total. The maximum atomic E-state index is 11.9. The fraction of sp³-hybridized carbons (Fsp3) is 0.308. The molecule has 0 aliphatic heterocycles. The first-order valence-corrected chi connectivity index (χ1v) is 5.64. The summed E-state index contributed by atoms with van der Waals surface area (Å²) >= 11 is 0. The van der Waals surface area contributed by atoms with Crippen LogP contribution in [0.5, 0.6) is 0 Å². The molecule has 0 amide bonds. The number of aromatic nitrogens is 3. The van der Waals surface area contributed by atoms with Crippen molar-refractivity contribution in [1.82, 2.24) is 15.0 Å². The van der Waals surface area contributed by atoms with E-state index in [0.29, 0.717) is 12.2 Å². The zero-order valence-electron chi connectivity index (χ0n) is 10.2. The lowest BCUT2D eigenvalue weighted by atomic mass is 10.1. The molecule has 4 heteroatoms. The highest BCUT2D eigenvalue weighted by molar-refractivity contribution is 5.58. The molecular formula is C13H15N3O. The first kappa shape index (κ1) is 11.5. The molecular weight excluding hydrogens is 214 g/mol. The minimum atomic E-state index is -0.0572. The summed E-state index contributed by atoms with van der Waals surface area (Å²) in [6, 6.07) is 1.90. The van der Waals surface area contributed by atoms with Crippen LogP contribution in [0.15, 0.2) is 23.3 Å². The van der Waals surface area contributed by atoms with E-state index in [1.807, 2.05) is 26.8 Å². The van der Waals surface area contributed by atoms with Crippen molar-refractivity contribution in [3.63, 3.8) is 0 Å². The van der Waals surface area contributed by atoms with E-state index in [9.17, 15) is 4.79 Å². The summed E-state index contributed by atoms with van der Waals surface area (Å²) in [7, 11) is 0. The highest BCUT2D eigenvalue weighted by Gasteiger charge is 2.09. The van der Waals surface area contributed by atoms with Gasteiger partial charge in [-0.2, -0.15) is 0 Å². The van der Waals surface area contributed by atoms with Gasteiger partial charge in [0, 0.05) is 29.2 Å². The van der Waals surface area contributed by atoms with Crippen molar-refractivity contribution in [1.29, 1.82) is 0 Å². The minimum Gasteiger partial charge on any atom is -0.306 e. The Morgan fingerprint density at radius 2 is 2.12 bits per heavy atom. The molecule has 0 aliphatic rings. The monoisotopic (exact) mass is 229 g/mol. The van der Waals surface area contributed by atoms with E-state index in [0.717, 1.165) is 22.4 Å². The first-order chi connectivity index (χ1) is 8.13.